The van der Waals surface area contributed by atoms with Crippen LogP contribution >= 0.6 is 0 Å². The maximum atomic E-state index is 4.90. The van der Waals surface area contributed by atoms with Crippen LogP contribution in [0, 0.1) is 0 Å². The molecule has 0 aromatic carbocycles. The molecule has 3 heteroatoms. The number of hydrogen-bond acceptors (Lipinski definition) is 2. The predicted octanol–water partition coefficient (Wildman–Crippen LogP) is -1.48. The van der Waals surface area contributed by atoms with E-state index in [2.05, 4.69) is 0 Å². The molecule has 0 spiro atoms. The van der Waals surface area contributed by atoms with Gasteiger partial charge in [-0.05, 0) is 0 Å². The first kappa shape index (κ1) is 9.19. The van der Waals surface area contributed by atoms with Gasteiger partial charge in [-0.2, -0.15) is 0 Å². The van der Waals surface area contributed by atoms with Gasteiger partial charge in [0.05, 0.1) is 0 Å². The Bertz CT molecular complexity index is 9.61. The molecule has 0 aromatic rings. The van der Waals surface area contributed by atoms with Gasteiger partial charge in [0.1, 0.15) is 0 Å². The Hall–Kier alpha value is 0.686. The fraction of sp³-hybridized carbons (Fsp3) is 1.00. The molecule has 0 amide bonds. The SMILES string of the molecule is NCCN.[Mg+2]. The molecule has 0 saturated carbocycles. The van der Waals surface area contributed by atoms with Gasteiger partial charge in [0.15, 0.2) is 0 Å². The van der Waals surface area contributed by atoms with Gasteiger partial charge in [-0.25, -0.2) is 0 Å². The molecule has 0 bridgehead atoms. The largest absolute Gasteiger partial charge is 2.00 e. The summed E-state index contributed by atoms with van der Waals surface area (Å²) in [6, 6.07) is 0. The maximum Gasteiger partial charge on any atom is 2.00 e. The van der Waals surface area contributed by atoms with Crippen LogP contribution < -0.4 is 11.5 Å². The Kier molecular flexibility index (Phi) is 16.2. The van der Waals surface area contributed by atoms with E-state index in [1.54, 1.807) is 0 Å². The third-order valence-corrected chi connectivity index (χ3v) is 0.167. The molecule has 4 N–H and O–H groups in total. The van der Waals surface area contributed by atoms with Crippen molar-refractivity contribution >= 4 is 23.1 Å². The fourth-order valence-corrected chi connectivity index (χ4v) is 0. The predicted molar refractivity (Wildman–Crippen MR) is 23.9 cm³/mol. The molecule has 5 heavy (non-hydrogen) atoms. The van der Waals surface area contributed by atoms with E-state index in [1.807, 2.05) is 0 Å². The molecule has 0 unspecified atom stereocenters. The van der Waals surface area contributed by atoms with Crippen molar-refractivity contribution in [1.82, 2.24) is 0 Å². The van der Waals surface area contributed by atoms with Gasteiger partial charge < -0.3 is 11.5 Å². The first-order valence-corrected chi connectivity index (χ1v) is 1.32. The Labute approximate surface area is 48.1 Å². The van der Waals surface area contributed by atoms with Gasteiger partial charge in [-0.3, -0.25) is 0 Å². The summed E-state index contributed by atoms with van der Waals surface area (Å²) in [6.45, 7) is 1.19. The monoisotopic (exact) mass is 84.1 g/mol. The number of nitrogens with two attached hydrogens (primary N) is 2. The molecule has 0 aromatic heterocycles. The van der Waals surface area contributed by atoms with E-state index in [-0.39, 0.29) is 23.1 Å². The molecule has 0 heterocycles. The fourth-order valence-electron chi connectivity index (χ4n) is 0. The average molecular weight is 84.4 g/mol. The second-order valence-corrected chi connectivity index (χ2v) is 0.577. The normalized spacial score (nSPS) is 6.00. The van der Waals surface area contributed by atoms with Crippen molar-refractivity contribution in [2.75, 3.05) is 13.1 Å². The van der Waals surface area contributed by atoms with Gasteiger partial charge in [-0.1, -0.05) is 0 Å². The van der Waals surface area contributed by atoms with Crippen LogP contribution in [0.15, 0.2) is 0 Å². The Morgan fingerprint density at radius 2 is 1.20 bits per heavy atom. The van der Waals surface area contributed by atoms with Crippen LogP contribution in [0.5, 0.6) is 0 Å². The van der Waals surface area contributed by atoms with Crippen molar-refractivity contribution < 1.29 is 0 Å². The maximum absolute atomic E-state index is 4.90. The summed E-state index contributed by atoms with van der Waals surface area (Å²) in [5.41, 5.74) is 9.81. The molecular formula is C2H8MgN2+2. The minimum Gasteiger partial charge on any atom is -0.329 e. The molecule has 0 saturated heterocycles. The van der Waals surface area contributed by atoms with E-state index < -0.39 is 0 Å². The van der Waals surface area contributed by atoms with Crippen LogP contribution in [0.25, 0.3) is 0 Å². The first-order chi connectivity index (χ1) is 1.91. The molecule has 0 atom stereocenters. The van der Waals surface area contributed by atoms with Crippen molar-refractivity contribution in [3.05, 3.63) is 0 Å². The molecule has 0 aliphatic heterocycles. The Morgan fingerprint density at radius 1 is 1.00 bits per heavy atom. The molecule has 26 valence electrons. The van der Waals surface area contributed by atoms with Gasteiger partial charge >= 0.3 is 23.1 Å². The van der Waals surface area contributed by atoms with Gasteiger partial charge in [-0.15, -0.1) is 0 Å². The van der Waals surface area contributed by atoms with Gasteiger partial charge in [0.2, 0.25) is 0 Å². The summed E-state index contributed by atoms with van der Waals surface area (Å²) < 4.78 is 0. The van der Waals surface area contributed by atoms with Crippen LogP contribution in [-0.4, -0.2) is 36.1 Å². The molecule has 0 aliphatic rings. The minimum atomic E-state index is 0. The van der Waals surface area contributed by atoms with Crippen LogP contribution in [0.1, 0.15) is 0 Å². The number of rotatable bonds is 1. The average Bonchev–Trinajstić information content (AvgIpc) is 1.37. The molecular weight excluding hydrogens is 76.3 g/mol. The van der Waals surface area contributed by atoms with E-state index in [0.717, 1.165) is 0 Å². The zero-order valence-corrected chi connectivity index (χ0v) is 4.69. The second-order valence-electron chi connectivity index (χ2n) is 0.577. The standard InChI is InChI=1S/C2H8N2.Mg/c3-1-2-4;/h1-4H2;/q;+2. The number of hydrogen-bond donors (Lipinski definition) is 2. The van der Waals surface area contributed by atoms with E-state index in [1.165, 1.54) is 0 Å². The van der Waals surface area contributed by atoms with E-state index in [4.69, 9.17) is 11.5 Å². The van der Waals surface area contributed by atoms with Crippen LogP contribution in [0.4, 0.5) is 0 Å². The molecule has 0 rings (SSSR count). The smallest absolute Gasteiger partial charge is 0.329 e. The van der Waals surface area contributed by atoms with Gasteiger partial charge in [0, 0.05) is 13.1 Å². The zero-order valence-electron chi connectivity index (χ0n) is 3.28. The second kappa shape index (κ2) is 8.82. The third-order valence-electron chi connectivity index (χ3n) is 0.167. The summed E-state index contributed by atoms with van der Waals surface area (Å²) in [5.74, 6) is 0. The van der Waals surface area contributed by atoms with Crippen molar-refractivity contribution in [3.63, 3.8) is 0 Å². The summed E-state index contributed by atoms with van der Waals surface area (Å²) in [7, 11) is 0. The summed E-state index contributed by atoms with van der Waals surface area (Å²) >= 11 is 0. The molecule has 0 radical (unpaired) electrons. The molecule has 0 aliphatic carbocycles. The van der Waals surface area contributed by atoms with Crippen LogP contribution in [0.2, 0.25) is 0 Å². The van der Waals surface area contributed by atoms with E-state index in [9.17, 15) is 0 Å². The Balaban J connectivity index is 0. The summed E-state index contributed by atoms with van der Waals surface area (Å²) in [4.78, 5) is 0. The van der Waals surface area contributed by atoms with Crippen LogP contribution in [0.3, 0.4) is 0 Å². The zero-order chi connectivity index (χ0) is 3.41. The molecule has 2 nitrogen and oxygen atoms in total. The van der Waals surface area contributed by atoms with Crippen LogP contribution in [-0.2, 0) is 0 Å². The Morgan fingerprint density at radius 3 is 1.20 bits per heavy atom. The topological polar surface area (TPSA) is 52.0 Å². The first-order valence-electron chi connectivity index (χ1n) is 1.32. The summed E-state index contributed by atoms with van der Waals surface area (Å²) in [5, 5.41) is 0. The van der Waals surface area contributed by atoms with E-state index in [0.29, 0.717) is 13.1 Å². The minimum absolute atomic E-state index is 0. The summed E-state index contributed by atoms with van der Waals surface area (Å²) in [6.07, 6.45) is 0. The quantitative estimate of drug-likeness (QED) is 0.381. The van der Waals surface area contributed by atoms with Gasteiger partial charge in [0.25, 0.3) is 0 Å². The third kappa shape index (κ3) is 11.9. The van der Waals surface area contributed by atoms with Crippen molar-refractivity contribution in [2.24, 2.45) is 11.5 Å². The van der Waals surface area contributed by atoms with Crippen molar-refractivity contribution in [2.45, 2.75) is 0 Å². The van der Waals surface area contributed by atoms with Crippen molar-refractivity contribution in [3.8, 4) is 0 Å². The van der Waals surface area contributed by atoms with Crippen molar-refractivity contribution in [1.29, 1.82) is 0 Å². The molecule has 0 fully saturated rings. The van der Waals surface area contributed by atoms with E-state index >= 15 is 0 Å².